The fraction of sp³-hybridized carbons (Fsp3) is 0.529. The van der Waals surface area contributed by atoms with Crippen molar-refractivity contribution in [2.24, 2.45) is 0 Å². The molecule has 0 unspecified atom stereocenters. The van der Waals surface area contributed by atoms with Crippen LogP contribution in [0.1, 0.15) is 33.1 Å². The summed E-state index contributed by atoms with van der Waals surface area (Å²) in [5.41, 5.74) is 0.467. The summed E-state index contributed by atoms with van der Waals surface area (Å²) in [7, 11) is 0. The average Bonchev–Trinajstić information content (AvgIpc) is 3.07. The van der Waals surface area contributed by atoms with Crippen molar-refractivity contribution >= 4 is 17.7 Å². The molecule has 1 fully saturated rings. The minimum absolute atomic E-state index is 0.0215. The first-order chi connectivity index (χ1) is 13.2. The maximum Gasteiger partial charge on any atom is 0.573 e. The number of carbonyl (C=O) groups excluding carboxylic acids is 1. The molecule has 2 atom stereocenters. The van der Waals surface area contributed by atoms with Gasteiger partial charge in [-0.15, -0.1) is 18.3 Å². The van der Waals surface area contributed by atoms with E-state index in [0.717, 1.165) is 19.3 Å². The van der Waals surface area contributed by atoms with Crippen molar-refractivity contribution in [3.05, 3.63) is 24.3 Å². The number of thioether (sulfide) groups is 1. The number of hydrogen-bond donors (Lipinski definition) is 0. The molecule has 1 aromatic heterocycles. The number of carbonyl (C=O) groups is 1. The van der Waals surface area contributed by atoms with Crippen LogP contribution in [0, 0.1) is 0 Å². The van der Waals surface area contributed by atoms with Gasteiger partial charge in [0.1, 0.15) is 5.75 Å². The molecular formula is C17H20F3N5O2S. The molecule has 7 nitrogen and oxygen atoms in total. The monoisotopic (exact) mass is 415 g/mol. The Hall–Kier alpha value is -2.30. The van der Waals surface area contributed by atoms with Gasteiger partial charge in [-0.1, -0.05) is 11.8 Å². The zero-order chi connectivity index (χ0) is 20.3. The number of amides is 1. The molecule has 0 aliphatic carbocycles. The van der Waals surface area contributed by atoms with Crippen molar-refractivity contribution in [1.29, 1.82) is 0 Å². The quantitative estimate of drug-likeness (QED) is 0.697. The van der Waals surface area contributed by atoms with E-state index in [1.807, 2.05) is 18.7 Å². The SMILES string of the molecule is C[C@@H]1CCC[C@@H](C)N1C(=O)CSc1nnnn1-c1ccc(OC(F)(F)F)cc1. The van der Waals surface area contributed by atoms with Gasteiger partial charge in [-0.05, 0) is 67.8 Å². The summed E-state index contributed by atoms with van der Waals surface area (Å²) in [5, 5.41) is 11.8. The number of nitrogens with zero attached hydrogens (tertiary/aromatic N) is 5. The minimum atomic E-state index is -4.75. The van der Waals surface area contributed by atoms with E-state index in [9.17, 15) is 18.0 Å². The molecule has 1 amide bonds. The van der Waals surface area contributed by atoms with Crippen LogP contribution in [-0.4, -0.2) is 55.2 Å². The van der Waals surface area contributed by atoms with Crippen molar-refractivity contribution in [3.8, 4) is 11.4 Å². The summed E-state index contributed by atoms with van der Waals surface area (Å²) < 4.78 is 42.0. The highest BCUT2D eigenvalue weighted by molar-refractivity contribution is 7.99. The van der Waals surface area contributed by atoms with Crippen molar-refractivity contribution in [2.45, 2.75) is 56.7 Å². The number of hydrogen-bond acceptors (Lipinski definition) is 6. The zero-order valence-electron chi connectivity index (χ0n) is 15.4. The average molecular weight is 415 g/mol. The lowest BCUT2D eigenvalue weighted by atomic mass is 9.98. The van der Waals surface area contributed by atoms with Crippen LogP contribution in [0.25, 0.3) is 5.69 Å². The van der Waals surface area contributed by atoms with E-state index in [0.29, 0.717) is 10.8 Å². The second kappa shape index (κ2) is 8.38. The molecule has 1 aromatic carbocycles. The maximum absolute atomic E-state index is 12.6. The van der Waals surface area contributed by atoms with Crippen LogP contribution in [0.15, 0.2) is 29.4 Å². The van der Waals surface area contributed by atoms with Gasteiger partial charge in [0.05, 0.1) is 11.4 Å². The van der Waals surface area contributed by atoms with Gasteiger partial charge in [0.15, 0.2) is 0 Å². The molecule has 0 bridgehead atoms. The van der Waals surface area contributed by atoms with Gasteiger partial charge < -0.3 is 9.64 Å². The summed E-state index contributed by atoms with van der Waals surface area (Å²) in [6, 6.07) is 5.60. The van der Waals surface area contributed by atoms with Gasteiger partial charge in [0, 0.05) is 12.1 Å². The molecule has 2 aromatic rings. The number of piperidine rings is 1. The predicted molar refractivity (Wildman–Crippen MR) is 96.2 cm³/mol. The van der Waals surface area contributed by atoms with Gasteiger partial charge in [-0.3, -0.25) is 4.79 Å². The molecule has 2 heterocycles. The van der Waals surface area contributed by atoms with Gasteiger partial charge in [0.2, 0.25) is 11.1 Å². The Morgan fingerprint density at radius 3 is 2.46 bits per heavy atom. The van der Waals surface area contributed by atoms with Crippen LogP contribution < -0.4 is 4.74 Å². The highest BCUT2D eigenvalue weighted by Gasteiger charge is 2.31. The fourth-order valence-electron chi connectivity index (χ4n) is 3.33. The lowest BCUT2D eigenvalue weighted by molar-refractivity contribution is -0.274. The van der Waals surface area contributed by atoms with E-state index >= 15 is 0 Å². The number of aromatic nitrogens is 4. The Morgan fingerprint density at radius 2 is 1.86 bits per heavy atom. The smallest absolute Gasteiger partial charge is 0.406 e. The Kier molecular flexibility index (Phi) is 6.11. The molecule has 0 saturated carbocycles. The molecule has 0 spiro atoms. The lowest BCUT2D eigenvalue weighted by Gasteiger charge is -2.39. The molecule has 1 aliphatic rings. The molecule has 3 rings (SSSR count). The zero-order valence-corrected chi connectivity index (χ0v) is 16.2. The third kappa shape index (κ3) is 4.94. The summed E-state index contributed by atoms with van der Waals surface area (Å²) in [4.78, 5) is 14.6. The van der Waals surface area contributed by atoms with Crippen molar-refractivity contribution in [3.63, 3.8) is 0 Å². The number of rotatable bonds is 5. The lowest BCUT2D eigenvalue weighted by Crippen LogP contribution is -2.48. The standard InChI is InChI=1S/C17H20F3N5O2S/c1-11-4-3-5-12(2)24(11)15(26)10-28-16-21-22-23-25(16)13-6-8-14(9-7-13)27-17(18,19)20/h6-9,11-12H,3-5,10H2,1-2H3/t11-,12-/m1/s1. The molecular weight excluding hydrogens is 395 g/mol. The third-order valence-electron chi connectivity index (χ3n) is 4.56. The van der Waals surface area contributed by atoms with Crippen LogP contribution in [-0.2, 0) is 4.79 Å². The van der Waals surface area contributed by atoms with E-state index in [2.05, 4.69) is 20.3 Å². The molecule has 152 valence electrons. The molecule has 1 aliphatic heterocycles. The third-order valence-corrected chi connectivity index (χ3v) is 5.47. The Morgan fingerprint density at radius 1 is 1.21 bits per heavy atom. The van der Waals surface area contributed by atoms with Crippen LogP contribution in [0.5, 0.6) is 5.75 Å². The predicted octanol–water partition coefficient (Wildman–Crippen LogP) is 3.44. The summed E-state index contributed by atoms with van der Waals surface area (Å²) in [6.07, 6.45) is -1.65. The van der Waals surface area contributed by atoms with E-state index in [4.69, 9.17) is 0 Å². The molecule has 0 radical (unpaired) electrons. The second-order valence-electron chi connectivity index (χ2n) is 6.63. The van der Waals surface area contributed by atoms with Crippen molar-refractivity contribution in [1.82, 2.24) is 25.1 Å². The first-order valence-electron chi connectivity index (χ1n) is 8.83. The van der Waals surface area contributed by atoms with E-state index in [-0.39, 0.29) is 29.5 Å². The number of alkyl halides is 3. The first kappa shape index (κ1) is 20.4. The van der Waals surface area contributed by atoms with Crippen molar-refractivity contribution < 1.29 is 22.7 Å². The number of tetrazole rings is 1. The summed E-state index contributed by atoms with van der Waals surface area (Å²) in [5.74, 6) is -0.125. The number of halogens is 3. The van der Waals surface area contributed by atoms with Crippen LogP contribution in [0.4, 0.5) is 13.2 Å². The highest BCUT2D eigenvalue weighted by atomic mass is 32.2. The molecule has 1 saturated heterocycles. The Balaban J connectivity index is 1.66. The Bertz CT molecular complexity index is 802. The van der Waals surface area contributed by atoms with Gasteiger partial charge in [-0.2, -0.15) is 4.68 Å². The number of ether oxygens (including phenoxy) is 1. The maximum atomic E-state index is 12.6. The summed E-state index contributed by atoms with van der Waals surface area (Å²) >= 11 is 1.19. The first-order valence-corrected chi connectivity index (χ1v) is 9.81. The van der Waals surface area contributed by atoms with Crippen LogP contribution in [0.2, 0.25) is 0 Å². The Labute approximate surface area is 164 Å². The van der Waals surface area contributed by atoms with E-state index < -0.39 is 6.36 Å². The van der Waals surface area contributed by atoms with Gasteiger partial charge in [0.25, 0.3) is 0 Å². The largest absolute Gasteiger partial charge is 0.573 e. The second-order valence-corrected chi connectivity index (χ2v) is 7.58. The topological polar surface area (TPSA) is 73.1 Å². The van der Waals surface area contributed by atoms with Crippen molar-refractivity contribution in [2.75, 3.05) is 5.75 Å². The van der Waals surface area contributed by atoms with E-state index in [1.165, 1.54) is 40.7 Å². The molecule has 28 heavy (non-hydrogen) atoms. The number of benzene rings is 1. The number of likely N-dealkylation sites (tertiary alicyclic amines) is 1. The highest BCUT2D eigenvalue weighted by Crippen LogP contribution is 2.27. The van der Waals surface area contributed by atoms with Crippen LogP contribution >= 0.6 is 11.8 Å². The minimum Gasteiger partial charge on any atom is -0.406 e. The molecule has 0 N–H and O–H groups in total. The fourth-order valence-corrected chi connectivity index (χ4v) is 4.09. The van der Waals surface area contributed by atoms with Crippen LogP contribution in [0.3, 0.4) is 0 Å². The molecule has 11 heteroatoms. The van der Waals surface area contributed by atoms with Gasteiger partial charge in [-0.25, -0.2) is 0 Å². The summed E-state index contributed by atoms with van der Waals surface area (Å²) in [6.45, 7) is 4.10. The van der Waals surface area contributed by atoms with E-state index in [1.54, 1.807) is 0 Å². The normalized spacial score (nSPS) is 20.2. The van der Waals surface area contributed by atoms with Gasteiger partial charge >= 0.3 is 6.36 Å².